The fourth-order valence-corrected chi connectivity index (χ4v) is 2.39. The Balaban J connectivity index is 1.81. The molecule has 0 saturated heterocycles. The summed E-state index contributed by atoms with van der Waals surface area (Å²) in [6.07, 6.45) is 5.54. The van der Waals surface area contributed by atoms with Crippen molar-refractivity contribution < 1.29 is 4.79 Å². The van der Waals surface area contributed by atoms with E-state index in [4.69, 9.17) is 5.73 Å². The molecule has 0 bridgehead atoms. The highest BCUT2D eigenvalue weighted by molar-refractivity contribution is 5.76. The zero-order chi connectivity index (χ0) is 13.0. The molecular weight excluding hydrogens is 230 g/mol. The zero-order valence-electron chi connectivity index (χ0n) is 10.9. The maximum atomic E-state index is 11.9. The largest absolute Gasteiger partial charge is 0.349 e. The van der Waals surface area contributed by atoms with Crippen LogP contribution >= 0.6 is 0 Å². The summed E-state index contributed by atoms with van der Waals surface area (Å²) >= 11 is 0. The summed E-state index contributed by atoms with van der Waals surface area (Å²) in [4.78, 5) is 11.9. The quantitative estimate of drug-likeness (QED) is 0.768. The Hall–Kier alpha value is -1.43. The normalized spacial score (nSPS) is 17.2. The van der Waals surface area contributed by atoms with Crippen LogP contribution in [-0.4, -0.2) is 27.2 Å². The molecule has 1 fully saturated rings. The molecule has 1 saturated carbocycles. The minimum Gasteiger partial charge on any atom is -0.349 e. The molecule has 0 aliphatic heterocycles. The second kappa shape index (κ2) is 5.48. The SMILES string of the molecule is CCn1cnnc1CNC(=O)CC1(CN)CCC1. The molecule has 1 aromatic heterocycles. The number of amides is 1. The molecule has 1 aliphatic rings. The average Bonchev–Trinajstić information content (AvgIpc) is 2.78. The van der Waals surface area contributed by atoms with Gasteiger partial charge in [-0.25, -0.2) is 0 Å². The van der Waals surface area contributed by atoms with Crippen LogP contribution in [0.2, 0.25) is 0 Å². The Morgan fingerprint density at radius 1 is 1.61 bits per heavy atom. The third-order valence-electron chi connectivity index (χ3n) is 3.86. The summed E-state index contributed by atoms with van der Waals surface area (Å²) in [5.74, 6) is 0.854. The van der Waals surface area contributed by atoms with Crippen molar-refractivity contribution in [3.63, 3.8) is 0 Å². The predicted molar refractivity (Wildman–Crippen MR) is 67.5 cm³/mol. The van der Waals surface area contributed by atoms with Crippen molar-refractivity contribution >= 4 is 5.91 Å². The number of nitrogens with zero attached hydrogens (tertiary/aromatic N) is 3. The lowest BCUT2D eigenvalue weighted by molar-refractivity contribution is -0.124. The maximum absolute atomic E-state index is 11.9. The molecule has 1 aliphatic carbocycles. The number of nitrogens with two attached hydrogens (primary N) is 1. The molecule has 1 heterocycles. The van der Waals surface area contributed by atoms with Crippen LogP contribution in [0, 0.1) is 5.41 Å². The van der Waals surface area contributed by atoms with Crippen LogP contribution in [0.25, 0.3) is 0 Å². The first kappa shape index (κ1) is 13.0. The minimum absolute atomic E-state index is 0.0580. The van der Waals surface area contributed by atoms with Gasteiger partial charge >= 0.3 is 0 Å². The number of carbonyl (C=O) groups is 1. The molecule has 6 nitrogen and oxygen atoms in total. The van der Waals surface area contributed by atoms with Crippen molar-refractivity contribution in [2.45, 2.75) is 45.7 Å². The molecular formula is C12H21N5O. The Kier molecular flexibility index (Phi) is 3.96. The third-order valence-corrected chi connectivity index (χ3v) is 3.86. The van der Waals surface area contributed by atoms with Gasteiger partial charge in [-0.3, -0.25) is 4.79 Å². The van der Waals surface area contributed by atoms with E-state index in [0.717, 1.165) is 25.2 Å². The number of carbonyl (C=O) groups excluding carboxylic acids is 1. The highest BCUT2D eigenvalue weighted by Gasteiger charge is 2.37. The van der Waals surface area contributed by atoms with E-state index in [1.807, 2.05) is 11.5 Å². The fourth-order valence-electron chi connectivity index (χ4n) is 2.39. The molecule has 0 radical (unpaired) electrons. The van der Waals surface area contributed by atoms with Crippen LogP contribution in [0.15, 0.2) is 6.33 Å². The summed E-state index contributed by atoms with van der Waals surface area (Å²) < 4.78 is 1.92. The smallest absolute Gasteiger partial charge is 0.220 e. The van der Waals surface area contributed by atoms with Crippen molar-refractivity contribution in [3.8, 4) is 0 Å². The van der Waals surface area contributed by atoms with Gasteiger partial charge < -0.3 is 15.6 Å². The van der Waals surface area contributed by atoms with E-state index in [0.29, 0.717) is 19.5 Å². The van der Waals surface area contributed by atoms with Crippen LogP contribution in [0.3, 0.4) is 0 Å². The van der Waals surface area contributed by atoms with Crippen LogP contribution < -0.4 is 11.1 Å². The highest BCUT2D eigenvalue weighted by Crippen LogP contribution is 2.42. The minimum atomic E-state index is 0.0580. The van der Waals surface area contributed by atoms with E-state index < -0.39 is 0 Å². The first-order valence-electron chi connectivity index (χ1n) is 6.52. The van der Waals surface area contributed by atoms with Gasteiger partial charge in [-0.15, -0.1) is 10.2 Å². The van der Waals surface area contributed by atoms with Crippen LogP contribution in [0.5, 0.6) is 0 Å². The molecule has 1 aromatic rings. The van der Waals surface area contributed by atoms with Gasteiger partial charge in [0, 0.05) is 13.0 Å². The lowest BCUT2D eigenvalue weighted by atomic mass is 9.66. The number of hydrogen-bond acceptors (Lipinski definition) is 4. The number of aryl methyl sites for hydroxylation is 1. The topological polar surface area (TPSA) is 85.8 Å². The number of rotatable bonds is 6. The van der Waals surface area contributed by atoms with Gasteiger partial charge in [0.1, 0.15) is 6.33 Å². The summed E-state index contributed by atoms with van der Waals surface area (Å²) in [6, 6.07) is 0. The Morgan fingerprint density at radius 3 is 2.94 bits per heavy atom. The van der Waals surface area contributed by atoms with E-state index in [-0.39, 0.29) is 11.3 Å². The molecule has 0 atom stereocenters. The van der Waals surface area contributed by atoms with E-state index >= 15 is 0 Å². The van der Waals surface area contributed by atoms with Crippen LogP contribution in [0.4, 0.5) is 0 Å². The third kappa shape index (κ3) is 2.69. The number of aromatic nitrogens is 3. The summed E-state index contributed by atoms with van der Waals surface area (Å²) in [5.41, 5.74) is 5.81. The van der Waals surface area contributed by atoms with E-state index in [1.54, 1.807) is 6.33 Å². The second-order valence-electron chi connectivity index (χ2n) is 5.04. The lowest BCUT2D eigenvalue weighted by Crippen LogP contribution is -2.41. The summed E-state index contributed by atoms with van der Waals surface area (Å²) in [7, 11) is 0. The van der Waals surface area contributed by atoms with Gasteiger partial charge in [0.25, 0.3) is 0 Å². The fraction of sp³-hybridized carbons (Fsp3) is 0.750. The summed E-state index contributed by atoms with van der Waals surface area (Å²) in [5, 5.41) is 10.7. The summed E-state index contributed by atoms with van der Waals surface area (Å²) in [6.45, 7) is 3.87. The Morgan fingerprint density at radius 2 is 2.39 bits per heavy atom. The van der Waals surface area contributed by atoms with Gasteiger partial charge in [-0.05, 0) is 31.7 Å². The molecule has 100 valence electrons. The molecule has 0 unspecified atom stereocenters. The Bertz CT molecular complexity index is 405. The van der Waals surface area contributed by atoms with E-state index in [2.05, 4.69) is 15.5 Å². The van der Waals surface area contributed by atoms with Crippen molar-refractivity contribution in [1.82, 2.24) is 20.1 Å². The van der Waals surface area contributed by atoms with Crippen molar-refractivity contribution in [3.05, 3.63) is 12.2 Å². The van der Waals surface area contributed by atoms with Crippen LogP contribution in [-0.2, 0) is 17.9 Å². The maximum Gasteiger partial charge on any atom is 0.220 e. The lowest BCUT2D eigenvalue weighted by Gasteiger charge is -2.40. The highest BCUT2D eigenvalue weighted by atomic mass is 16.1. The first-order chi connectivity index (χ1) is 8.69. The molecule has 3 N–H and O–H groups in total. The van der Waals surface area contributed by atoms with Gasteiger partial charge in [0.05, 0.1) is 6.54 Å². The number of nitrogens with one attached hydrogen (secondary N) is 1. The average molecular weight is 251 g/mol. The van der Waals surface area contributed by atoms with Crippen molar-refractivity contribution in [2.75, 3.05) is 6.54 Å². The van der Waals surface area contributed by atoms with E-state index in [1.165, 1.54) is 6.42 Å². The van der Waals surface area contributed by atoms with Gasteiger partial charge in [-0.1, -0.05) is 6.42 Å². The molecule has 18 heavy (non-hydrogen) atoms. The standard InChI is InChI=1S/C12H21N5O/c1-2-17-9-15-16-10(17)7-14-11(18)6-12(8-13)4-3-5-12/h9H,2-8,13H2,1H3,(H,14,18). The molecule has 0 aromatic carbocycles. The molecule has 1 amide bonds. The second-order valence-corrected chi connectivity index (χ2v) is 5.04. The molecule has 6 heteroatoms. The first-order valence-corrected chi connectivity index (χ1v) is 6.52. The predicted octanol–water partition coefficient (Wildman–Crippen LogP) is 0.433. The van der Waals surface area contributed by atoms with Crippen molar-refractivity contribution in [2.24, 2.45) is 11.1 Å². The molecule has 0 spiro atoms. The van der Waals surface area contributed by atoms with Crippen molar-refractivity contribution in [1.29, 1.82) is 0 Å². The van der Waals surface area contributed by atoms with Gasteiger partial charge in [0.15, 0.2) is 5.82 Å². The monoisotopic (exact) mass is 251 g/mol. The van der Waals surface area contributed by atoms with Gasteiger partial charge in [-0.2, -0.15) is 0 Å². The van der Waals surface area contributed by atoms with Crippen LogP contribution in [0.1, 0.15) is 38.4 Å². The molecule has 2 rings (SSSR count). The zero-order valence-corrected chi connectivity index (χ0v) is 10.9. The van der Waals surface area contributed by atoms with E-state index in [9.17, 15) is 4.79 Å². The number of hydrogen-bond donors (Lipinski definition) is 2. The van der Waals surface area contributed by atoms with Gasteiger partial charge in [0.2, 0.25) is 5.91 Å². The Labute approximate surface area is 107 Å².